The molecule has 378 valence electrons. The van der Waals surface area contributed by atoms with Crippen molar-refractivity contribution in [3.63, 3.8) is 0 Å². The van der Waals surface area contributed by atoms with Crippen LogP contribution in [-0.4, -0.2) is 151 Å². The number of aromatic nitrogens is 4. The van der Waals surface area contributed by atoms with Crippen molar-refractivity contribution in [1.82, 2.24) is 45.1 Å². The van der Waals surface area contributed by atoms with Crippen molar-refractivity contribution < 1.29 is 34.1 Å². The Morgan fingerprint density at radius 1 is 0.944 bits per heavy atom. The van der Waals surface area contributed by atoms with E-state index in [1.165, 1.54) is 4.90 Å². The molecule has 8 rings (SSSR count). The first-order valence-corrected chi connectivity index (χ1v) is 26.1. The van der Waals surface area contributed by atoms with E-state index in [2.05, 4.69) is 44.6 Å². The molecule has 6 atom stereocenters. The molecule has 2 saturated heterocycles. The molecule has 71 heavy (non-hydrogen) atoms. The van der Waals surface area contributed by atoms with Crippen LogP contribution in [-0.2, 0) is 23.9 Å². The normalized spacial score (nSPS) is 19.6. The number of benzene rings is 2. The summed E-state index contributed by atoms with van der Waals surface area (Å²) in [5.74, 6) is -0.165. The summed E-state index contributed by atoms with van der Waals surface area (Å²) >= 11 is 9.50. The van der Waals surface area contributed by atoms with Crippen LogP contribution in [0.25, 0.3) is 15.4 Å². The highest BCUT2D eigenvalue weighted by Crippen LogP contribution is 2.40. The number of aryl methyl sites for hydroxylation is 3. The fraction of sp³-hybridized carbons (Fsp3) is 0.490. The number of hydrogen-bond acceptors (Lipinski definition) is 14. The number of nitrogens with one attached hydrogen (secondary N) is 2. The minimum absolute atomic E-state index is 0.0531. The highest BCUT2D eigenvalue weighted by atomic mass is 35.5. The lowest BCUT2D eigenvalue weighted by Crippen LogP contribution is -2.58. The van der Waals surface area contributed by atoms with Crippen LogP contribution in [0.4, 0.5) is 0 Å². The van der Waals surface area contributed by atoms with E-state index < -0.39 is 60.1 Å². The van der Waals surface area contributed by atoms with Gasteiger partial charge in [0.05, 0.1) is 53.1 Å². The molecule has 0 saturated carbocycles. The summed E-state index contributed by atoms with van der Waals surface area (Å²) in [7, 11) is 0. The van der Waals surface area contributed by atoms with Crippen molar-refractivity contribution in [1.29, 1.82) is 0 Å². The number of β-amino-alcohol motifs (C(OH)–C–C–N with tert-alkyl or cyclic N) is 2. The number of rotatable bonds is 15. The number of ether oxygens (including phenoxy) is 1. The first-order valence-electron chi connectivity index (χ1n) is 24.0. The van der Waals surface area contributed by atoms with Gasteiger partial charge in [-0.3, -0.25) is 33.6 Å². The van der Waals surface area contributed by atoms with Crippen molar-refractivity contribution in [2.75, 3.05) is 52.5 Å². The molecule has 3 aromatic heterocycles. The molecule has 0 aliphatic carbocycles. The summed E-state index contributed by atoms with van der Waals surface area (Å²) in [6.45, 7) is 17.0. The van der Waals surface area contributed by atoms with E-state index in [9.17, 15) is 29.4 Å². The minimum atomic E-state index is -1.03. The van der Waals surface area contributed by atoms with Crippen LogP contribution in [0, 0.1) is 33.1 Å². The molecule has 5 aromatic rings. The molecule has 3 aliphatic rings. The molecule has 4 N–H and O–H groups in total. The monoisotopic (exact) mass is 1030 g/mol. The number of carbonyl (C=O) groups excluding carboxylic acids is 4. The van der Waals surface area contributed by atoms with Gasteiger partial charge in [0.25, 0.3) is 0 Å². The number of aliphatic hydroxyl groups excluding tert-OH is 2. The Morgan fingerprint density at radius 2 is 1.63 bits per heavy atom. The molecule has 0 spiro atoms. The maximum absolute atomic E-state index is 14.2. The third kappa shape index (κ3) is 11.6. The van der Waals surface area contributed by atoms with Gasteiger partial charge in [0.2, 0.25) is 23.6 Å². The molecule has 2 fully saturated rings. The van der Waals surface area contributed by atoms with Gasteiger partial charge in [-0.2, -0.15) is 0 Å². The van der Waals surface area contributed by atoms with Gasteiger partial charge in [-0.1, -0.05) is 68.8 Å². The van der Waals surface area contributed by atoms with Crippen LogP contribution in [0.2, 0.25) is 5.02 Å². The number of halogens is 1. The lowest BCUT2D eigenvalue weighted by atomic mass is 9.85. The van der Waals surface area contributed by atoms with E-state index in [-0.39, 0.29) is 44.5 Å². The Kier molecular flexibility index (Phi) is 15.9. The Balaban J connectivity index is 0.811. The fourth-order valence-corrected chi connectivity index (χ4v) is 11.6. The third-order valence-corrected chi connectivity index (χ3v) is 15.9. The second kappa shape index (κ2) is 21.7. The molecule has 6 heterocycles. The maximum Gasteiger partial charge on any atom is 0.246 e. The smallest absolute Gasteiger partial charge is 0.246 e. The molecule has 0 unspecified atom stereocenters. The number of likely N-dealkylation sites (tertiary alicyclic amines) is 1. The van der Waals surface area contributed by atoms with Gasteiger partial charge < -0.3 is 35.4 Å². The zero-order chi connectivity index (χ0) is 50.9. The van der Waals surface area contributed by atoms with Crippen molar-refractivity contribution in [3.8, 4) is 15.4 Å². The van der Waals surface area contributed by atoms with Gasteiger partial charge in [-0.05, 0) is 68.9 Å². The molecule has 4 amide bonds. The number of amides is 4. The number of nitrogens with zero attached hydrogens (tertiary/aromatic N) is 8. The summed E-state index contributed by atoms with van der Waals surface area (Å²) in [6.07, 6.45) is -1.67. The zero-order valence-corrected chi connectivity index (χ0v) is 43.8. The van der Waals surface area contributed by atoms with Crippen LogP contribution in [0.15, 0.2) is 59.0 Å². The number of carbonyl (C=O) groups is 4. The topological polar surface area (TPSA) is 208 Å². The minimum Gasteiger partial charge on any atom is -0.391 e. The summed E-state index contributed by atoms with van der Waals surface area (Å²) in [6, 6.07) is 12.5. The van der Waals surface area contributed by atoms with Crippen molar-refractivity contribution in [2.24, 2.45) is 10.4 Å². The quantitative estimate of drug-likeness (QED) is 0.103. The predicted molar refractivity (Wildman–Crippen MR) is 274 cm³/mol. The molecule has 0 radical (unpaired) electrons. The molecule has 3 aliphatic heterocycles. The SMILES string of the molecule is Cc1ncsc1-c1ccc([C@H](C)NC(=O)[C@@H]2C[C@@H](O)CN2C(=O)[C@@H](NC(=O)COC[C@@H](O)CN2CCN(C(=O)C[C@@H]3N=C(c4ccc(Cl)cc4)c4c(sc(C)c4C)-n4c(C)nnc43)CC2)C(C)(C)C)cc1. The van der Waals surface area contributed by atoms with E-state index in [4.69, 9.17) is 21.3 Å². The van der Waals surface area contributed by atoms with Gasteiger partial charge in [0, 0.05) is 66.7 Å². The number of thiophene rings is 1. The van der Waals surface area contributed by atoms with E-state index in [1.807, 2.05) is 105 Å². The number of aliphatic imine (C=N–C) groups is 1. The number of piperazine rings is 1. The molecule has 20 heteroatoms. The molecule has 2 aromatic carbocycles. The Morgan fingerprint density at radius 3 is 2.30 bits per heavy atom. The van der Waals surface area contributed by atoms with Crippen LogP contribution >= 0.6 is 34.3 Å². The molecule has 0 bridgehead atoms. The van der Waals surface area contributed by atoms with Crippen LogP contribution < -0.4 is 10.6 Å². The van der Waals surface area contributed by atoms with E-state index in [1.54, 1.807) is 22.7 Å². The predicted octanol–water partition coefficient (Wildman–Crippen LogP) is 5.51. The standard InChI is InChI=1S/C51H63ClN10O7S2/c1-28-31(4)71-50-43(28)44(34-13-15-36(52)16-14-34)55-39(47-58-57-32(5)62(47)50)22-42(66)60-19-17-59(18-20-60)23-38(64)25-69-26-41(65)56-46(51(6,7)8)49(68)61-24-37(63)21-40(61)48(67)54-29(2)33-9-11-35(12-10-33)45-30(3)53-27-70-45/h9-16,27,29,37-40,46,63-64H,17-26H2,1-8H3,(H,54,67)(H,56,65)/t29-,37+,38-,39-,40-,46+/m0/s1. The van der Waals surface area contributed by atoms with Crippen LogP contribution in [0.3, 0.4) is 0 Å². The van der Waals surface area contributed by atoms with Gasteiger partial charge in [-0.15, -0.1) is 32.9 Å². The second-order valence-electron chi connectivity index (χ2n) is 19.8. The Hall–Kier alpha value is -5.41. The number of fused-ring (bicyclic) bond motifs is 3. The molecular formula is C51H63ClN10O7S2. The molecular weight excluding hydrogens is 964 g/mol. The third-order valence-electron chi connectivity index (χ3n) is 13.5. The zero-order valence-electron chi connectivity index (χ0n) is 41.4. The average molecular weight is 1030 g/mol. The van der Waals surface area contributed by atoms with Crippen LogP contribution in [0.1, 0.15) is 97.1 Å². The van der Waals surface area contributed by atoms with Crippen molar-refractivity contribution in [3.05, 3.63) is 104 Å². The average Bonchev–Trinajstić information content (AvgIpc) is 4.10. The fourth-order valence-electron chi connectivity index (χ4n) is 9.46. The van der Waals surface area contributed by atoms with E-state index >= 15 is 0 Å². The summed E-state index contributed by atoms with van der Waals surface area (Å²) in [5, 5.41) is 38.0. The lowest BCUT2D eigenvalue weighted by molar-refractivity contribution is -0.145. The van der Waals surface area contributed by atoms with E-state index in [0.717, 1.165) is 59.8 Å². The summed E-state index contributed by atoms with van der Waals surface area (Å²) < 4.78 is 7.69. The van der Waals surface area contributed by atoms with Gasteiger partial charge in [-0.25, -0.2) is 4.98 Å². The number of aliphatic hydroxyl groups is 2. The van der Waals surface area contributed by atoms with Gasteiger partial charge in [0.1, 0.15) is 35.6 Å². The lowest BCUT2D eigenvalue weighted by Gasteiger charge is -2.36. The van der Waals surface area contributed by atoms with Crippen molar-refractivity contribution in [2.45, 2.75) is 105 Å². The highest BCUT2D eigenvalue weighted by Gasteiger charge is 2.45. The summed E-state index contributed by atoms with van der Waals surface area (Å²) in [4.78, 5) is 72.2. The van der Waals surface area contributed by atoms with Crippen LogP contribution in [0.5, 0.6) is 0 Å². The van der Waals surface area contributed by atoms with Crippen molar-refractivity contribution >= 4 is 63.6 Å². The van der Waals surface area contributed by atoms with Gasteiger partial charge in [0.15, 0.2) is 5.82 Å². The largest absolute Gasteiger partial charge is 0.391 e. The first kappa shape index (κ1) is 51.9. The second-order valence-corrected chi connectivity index (χ2v) is 22.3. The highest BCUT2D eigenvalue weighted by molar-refractivity contribution is 7.15. The first-order chi connectivity index (χ1) is 33.8. The summed E-state index contributed by atoms with van der Waals surface area (Å²) in [5.41, 5.74) is 7.71. The number of thiazole rings is 1. The van der Waals surface area contributed by atoms with Gasteiger partial charge >= 0.3 is 0 Å². The molecule has 17 nitrogen and oxygen atoms in total. The Labute approximate surface area is 427 Å². The number of hydrogen-bond donors (Lipinski definition) is 4. The maximum atomic E-state index is 14.2. The Bertz CT molecular complexity index is 2780. The van der Waals surface area contributed by atoms with E-state index in [0.29, 0.717) is 37.0 Å².